The molecule has 0 unspecified atom stereocenters. The van der Waals surface area contributed by atoms with Crippen LogP contribution < -0.4 is 4.90 Å². The van der Waals surface area contributed by atoms with Crippen molar-refractivity contribution in [3.63, 3.8) is 0 Å². The number of para-hydroxylation sites is 1. The summed E-state index contributed by atoms with van der Waals surface area (Å²) in [6.45, 7) is 2.84. The summed E-state index contributed by atoms with van der Waals surface area (Å²) in [4.78, 5) is 29.3. The van der Waals surface area contributed by atoms with Crippen LogP contribution >= 0.6 is 0 Å². The van der Waals surface area contributed by atoms with E-state index in [9.17, 15) is 14.7 Å². The van der Waals surface area contributed by atoms with Crippen LogP contribution in [0.25, 0.3) is 6.08 Å². The van der Waals surface area contributed by atoms with Gasteiger partial charge in [0.2, 0.25) is 5.91 Å². The van der Waals surface area contributed by atoms with Gasteiger partial charge in [0.05, 0.1) is 11.8 Å². The Morgan fingerprint density at radius 2 is 1.50 bits per heavy atom. The fourth-order valence-corrected chi connectivity index (χ4v) is 4.60. The lowest BCUT2D eigenvalue weighted by molar-refractivity contribution is -0.151. The second-order valence-corrected chi connectivity index (χ2v) is 8.16. The molecule has 2 aliphatic rings. The summed E-state index contributed by atoms with van der Waals surface area (Å²) in [6.07, 6.45) is 3.91. The first-order valence-corrected chi connectivity index (χ1v) is 10.7. The van der Waals surface area contributed by atoms with Crippen molar-refractivity contribution in [2.45, 2.75) is 19.3 Å². The quantitative estimate of drug-likeness (QED) is 0.839. The minimum Gasteiger partial charge on any atom is -0.481 e. The van der Waals surface area contributed by atoms with Crippen LogP contribution in [-0.2, 0) is 9.59 Å². The Morgan fingerprint density at radius 3 is 2.13 bits per heavy atom. The molecule has 0 aromatic heterocycles. The lowest BCUT2D eigenvalue weighted by Crippen LogP contribution is -2.52. The van der Waals surface area contributed by atoms with Gasteiger partial charge in [0, 0.05) is 31.9 Å². The van der Waals surface area contributed by atoms with Gasteiger partial charge in [-0.3, -0.25) is 9.59 Å². The molecule has 2 aromatic rings. The van der Waals surface area contributed by atoms with E-state index in [1.165, 1.54) is 5.69 Å². The van der Waals surface area contributed by atoms with Crippen LogP contribution in [0, 0.1) is 11.8 Å². The third kappa shape index (κ3) is 4.56. The van der Waals surface area contributed by atoms with Crippen molar-refractivity contribution in [1.82, 2.24) is 4.90 Å². The number of benzene rings is 2. The Morgan fingerprint density at radius 1 is 0.867 bits per heavy atom. The Bertz CT molecular complexity index is 903. The van der Waals surface area contributed by atoms with E-state index in [0.29, 0.717) is 25.9 Å². The molecule has 1 saturated heterocycles. The maximum absolute atomic E-state index is 13.2. The number of nitrogens with zero attached hydrogens (tertiary/aromatic N) is 2. The second kappa shape index (κ2) is 9.16. The standard InChI is InChI=1S/C25H28N2O3/c28-24(27-15-13-26(14-16-27)21-9-5-2-6-10-21)22-12-11-20(18-23(22)25(29)30)17-19-7-3-1-4-8-19/h1-10,17,22-23H,11-16,18H2,(H,29,30)/t22-,23-/m0/s1. The minimum absolute atomic E-state index is 0.00822. The fourth-order valence-electron chi connectivity index (χ4n) is 4.60. The maximum Gasteiger partial charge on any atom is 0.307 e. The lowest BCUT2D eigenvalue weighted by atomic mass is 9.75. The molecule has 1 heterocycles. The molecule has 0 bridgehead atoms. The van der Waals surface area contributed by atoms with Crippen LogP contribution in [0.15, 0.2) is 66.2 Å². The fraction of sp³-hybridized carbons (Fsp3) is 0.360. The number of amides is 1. The summed E-state index contributed by atoms with van der Waals surface area (Å²) < 4.78 is 0. The second-order valence-electron chi connectivity index (χ2n) is 8.16. The van der Waals surface area contributed by atoms with Gasteiger partial charge in [-0.25, -0.2) is 0 Å². The predicted octanol–water partition coefficient (Wildman–Crippen LogP) is 3.92. The minimum atomic E-state index is -0.866. The van der Waals surface area contributed by atoms with Gasteiger partial charge in [-0.05, 0) is 37.0 Å². The molecule has 2 atom stereocenters. The SMILES string of the molecule is O=C(O)[C@H]1CC(=Cc2ccccc2)CC[C@@H]1C(=O)N1CCN(c2ccccc2)CC1. The first-order valence-electron chi connectivity index (χ1n) is 10.7. The predicted molar refractivity (Wildman–Crippen MR) is 118 cm³/mol. The average molecular weight is 405 g/mol. The van der Waals surface area contributed by atoms with Crippen LogP contribution in [0.1, 0.15) is 24.8 Å². The molecule has 2 aromatic carbocycles. The van der Waals surface area contributed by atoms with E-state index in [-0.39, 0.29) is 5.91 Å². The highest BCUT2D eigenvalue weighted by Gasteiger charge is 2.39. The molecule has 2 fully saturated rings. The van der Waals surface area contributed by atoms with Crippen LogP contribution in [-0.4, -0.2) is 48.1 Å². The molecule has 1 amide bonds. The van der Waals surface area contributed by atoms with Crippen LogP contribution in [0.3, 0.4) is 0 Å². The highest BCUT2D eigenvalue weighted by Crippen LogP contribution is 2.36. The molecule has 0 radical (unpaired) electrons. The van der Waals surface area contributed by atoms with Crippen molar-refractivity contribution < 1.29 is 14.7 Å². The normalized spacial score (nSPS) is 23.4. The Hall–Kier alpha value is -3.08. The summed E-state index contributed by atoms with van der Waals surface area (Å²) in [5.74, 6) is -1.93. The number of hydrogen-bond acceptors (Lipinski definition) is 3. The molecule has 1 aliphatic carbocycles. The third-order valence-corrected chi connectivity index (χ3v) is 6.26. The molecule has 1 aliphatic heterocycles. The van der Waals surface area contributed by atoms with Gasteiger partial charge in [-0.15, -0.1) is 0 Å². The zero-order valence-electron chi connectivity index (χ0n) is 17.1. The van der Waals surface area contributed by atoms with E-state index in [1.807, 2.05) is 53.4 Å². The zero-order valence-corrected chi connectivity index (χ0v) is 17.1. The van der Waals surface area contributed by atoms with Gasteiger partial charge in [-0.2, -0.15) is 0 Å². The van der Waals surface area contributed by atoms with Crippen molar-refractivity contribution >= 4 is 23.6 Å². The highest BCUT2D eigenvalue weighted by atomic mass is 16.4. The zero-order chi connectivity index (χ0) is 20.9. The molecule has 5 heteroatoms. The summed E-state index contributed by atoms with van der Waals surface area (Å²) in [5.41, 5.74) is 3.37. The van der Waals surface area contributed by atoms with Crippen molar-refractivity contribution in [2.24, 2.45) is 11.8 Å². The molecule has 1 N–H and O–H groups in total. The monoisotopic (exact) mass is 404 g/mol. The van der Waals surface area contributed by atoms with Crippen LogP contribution in [0.5, 0.6) is 0 Å². The Kier molecular flexibility index (Phi) is 6.17. The number of carboxylic acid groups (broad SMARTS) is 1. The molecular formula is C25H28N2O3. The van der Waals surface area contributed by atoms with Crippen molar-refractivity contribution in [1.29, 1.82) is 0 Å². The third-order valence-electron chi connectivity index (χ3n) is 6.26. The number of carbonyl (C=O) groups is 2. The number of piperazine rings is 1. The van der Waals surface area contributed by atoms with Gasteiger partial charge < -0.3 is 14.9 Å². The molecule has 1 saturated carbocycles. The molecule has 4 rings (SSSR count). The van der Waals surface area contributed by atoms with Crippen molar-refractivity contribution in [3.8, 4) is 0 Å². The summed E-state index contributed by atoms with van der Waals surface area (Å²) >= 11 is 0. The number of anilines is 1. The van der Waals surface area contributed by atoms with E-state index in [2.05, 4.69) is 23.1 Å². The summed E-state index contributed by atoms with van der Waals surface area (Å²) in [7, 11) is 0. The van der Waals surface area contributed by atoms with Crippen LogP contribution in [0.2, 0.25) is 0 Å². The van der Waals surface area contributed by atoms with Gasteiger partial charge in [0.1, 0.15) is 0 Å². The Balaban J connectivity index is 1.40. The largest absolute Gasteiger partial charge is 0.481 e. The number of hydrogen-bond donors (Lipinski definition) is 1. The van der Waals surface area contributed by atoms with E-state index in [1.54, 1.807) is 0 Å². The van der Waals surface area contributed by atoms with Crippen molar-refractivity contribution in [3.05, 3.63) is 71.8 Å². The van der Waals surface area contributed by atoms with Gasteiger partial charge in [0.25, 0.3) is 0 Å². The topological polar surface area (TPSA) is 60.9 Å². The first-order chi connectivity index (χ1) is 14.6. The highest BCUT2D eigenvalue weighted by molar-refractivity contribution is 5.85. The van der Waals surface area contributed by atoms with Crippen molar-refractivity contribution in [2.75, 3.05) is 31.1 Å². The van der Waals surface area contributed by atoms with Crippen LogP contribution in [0.4, 0.5) is 5.69 Å². The summed E-state index contributed by atoms with van der Waals surface area (Å²) in [6, 6.07) is 20.2. The first kappa shape index (κ1) is 20.2. The maximum atomic E-state index is 13.2. The molecule has 0 spiro atoms. The van der Waals surface area contributed by atoms with Gasteiger partial charge >= 0.3 is 5.97 Å². The van der Waals surface area contributed by atoms with E-state index in [4.69, 9.17) is 0 Å². The van der Waals surface area contributed by atoms with Gasteiger partial charge in [0.15, 0.2) is 0 Å². The Labute approximate surface area is 177 Å². The number of carboxylic acids is 1. The number of carbonyl (C=O) groups excluding carboxylic acids is 1. The van der Waals surface area contributed by atoms with E-state index in [0.717, 1.165) is 30.6 Å². The average Bonchev–Trinajstić information content (AvgIpc) is 2.80. The van der Waals surface area contributed by atoms with E-state index < -0.39 is 17.8 Å². The summed E-state index contributed by atoms with van der Waals surface area (Å²) in [5, 5.41) is 9.82. The lowest BCUT2D eigenvalue weighted by Gasteiger charge is -2.39. The van der Waals surface area contributed by atoms with Gasteiger partial charge in [-0.1, -0.05) is 60.2 Å². The molecule has 5 nitrogen and oxygen atoms in total. The molecular weight excluding hydrogens is 376 g/mol. The smallest absolute Gasteiger partial charge is 0.307 e. The number of allylic oxidation sites excluding steroid dienone is 1. The molecule has 156 valence electrons. The number of aliphatic carboxylic acids is 1. The van der Waals surface area contributed by atoms with E-state index >= 15 is 0 Å². The molecule has 30 heavy (non-hydrogen) atoms. The number of rotatable bonds is 4.